The van der Waals surface area contributed by atoms with Crippen LogP contribution in [0.5, 0.6) is 5.75 Å². The van der Waals surface area contributed by atoms with Gasteiger partial charge in [0.1, 0.15) is 5.75 Å². The Morgan fingerprint density at radius 2 is 1.90 bits per heavy atom. The molecule has 0 radical (unpaired) electrons. The van der Waals surface area contributed by atoms with Gasteiger partial charge in [-0.2, -0.15) is 0 Å². The first-order valence-electron chi connectivity index (χ1n) is 6.69. The minimum Gasteiger partial charge on any atom is -0.497 e. The highest BCUT2D eigenvalue weighted by Gasteiger charge is 2.02. The minimum atomic E-state index is 0.709. The summed E-state index contributed by atoms with van der Waals surface area (Å²) in [5.74, 6) is 0.891. The fourth-order valence-corrected chi connectivity index (χ4v) is 2.01. The first-order chi connectivity index (χ1) is 9.67. The molecule has 0 fully saturated rings. The average Bonchev–Trinajstić information content (AvgIpc) is 2.47. The van der Waals surface area contributed by atoms with Crippen LogP contribution in [0, 0.1) is 0 Å². The second kappa shape index (κ2) is 6.91. The van der Waals surface area contributed by atoms with Gasteiger partial charge in [-0.25, -0.2) is 0 Å². The van der Waals surface area contributed by atoms with E-state index in [1.165, 1.54) is 5.56 Å². The molecule has 0 unspecified atom stereocenters. The third-order valence-corrected chi connectivity index (χ3v) is 3.21. The summed E-state index contributed by atoms with van der Waals surface area (Å²) in [7, 11) is 3.79. The van der Waals surface area contributed by atoms with E-state index in [1.807, 2.05) is 24.3 Å². The predicted molar refractivity (Wildman–Crippen MR) is 81.7 cm³/mol. The van der Waals surface area contributed by atoms with Gasteiger partial charge in [0.05, 0.1) is 19.0 Å². The van der Waals surface area contributed by atoms with Crippen molar-refractivity contribution >= 4 is 5.69 Å². The number of pyridine rings is 1. The normalized spacial score (nSPS) is 10.8. The number of benzene rings is 1. The molecule has 2 N–H and O–H groups in total. The summed E-state index contributed by atoms with van der Waals surface area (Å²) in [6, 6.07) is 12.0. The lowest BCUT2D eigenvalue weighted by atomic mass is 10.2. The lowest BCUT2D eigenvalue weighted by Gasteiger charge is -2.16. The summed E-state index contributed by atoms with van der Waals surface area (Å²) < 4.78 is 5.16. The SMILES string of the molecule is COc1ccc(CN(C)CCc2ccc(N)cn2)cc1. The van der Waals surface area contributed by atoms with Crippen LogP contribution in [0.1, 0.15) is 11.3 Å². The van der Waals surface area contributed by atoms with E-state index in [9.17, 15) is 0 Å². The van der Waals surface area contributed by atoms with Crippen LogP contribution in [-0.4, -0.2) is 30.6 Å². The Kier molecular flexibility index (Phi) is 4.96. The van der Waals surface area contributed by atoms with E-state index < -0.39 is 0 Å². The van der Waals surface area contributed by atoms with Gasteiger partial charge in [0.15, 0.2) is 0 Å². The van der Waals surface area contributed by atoms with E-state index >= 15 is 0 Å². The zero-order chi connectivity index (χ0) is 14.4. The van der Waals surface area contributed by atoms with Crippen LogP contribution in [0.4, 0.5) is 5.69 Å². The molecule has 0 saturated carbocycles. The second-order valence-electron chi connectivity index (χ2n) is 4.92. The maximum Gasteiger partial charge on any atom is 0.118 e. The molecule has 0 atom stereocenters. The summed E-state index contributed by atoms with van der Waals surface area (Å²) in [5.41, 5.74) is 8.68. The molecule has 0 aliphatic heterocycles. The first kappa shape index (κ1) is 14.3. The van der Waals surface area contributed by atoms with Crippen molar-refractivity contribution < 1.29 is 4.74 Å². The molecule has 0 aliphatic rings. The summed E-state index contributed by atoms with van der Waals surface area (Å²) in [6.45, 7) is 1.88. The molecular formula is C16H21N3O. The number of nitrogens with two attached hydrogens (primary N) is 1. The summed E-state index contributed by atoms with van der Waals surface area (Å²) in [4.78, 5) is 6.59. The van der Waals surface area contributed by atoms with Gasteiger partial charge in [-0.3, -0.25) is 4.98 Å². The molecule has 2 rings (SSSR count). The van der Waals surface area contributed by atoms with Crippen molar-refractivity contribution in [3.63, 3.8) is 0 Å². The molecule has 0 bridgehead atoms. The maximum atomic E-state index is 5.63. The Labute approximate surface area is 120 Å². The highest BCUT2D eigenvalue weighted by Crippen LogP contribution is 2.12. The van der Waals surface area contributed by atoms with Gasteiger partial charge in [0.2, 0.25) is 0 Å². The van der Waals surface area contributed by atoms with Crippen molar-refractivity contribution in [2.45, 2.75) is 13.0 Å². The summed E-state index contributed by atoms with van der Waals surface area (Å²) >= 11 is 0. The molecule has 4 heteroatoms. The zero-order valence-corrected chi connectivity index (χ0v) is 12.0. The number of anilines is 1. The van der Waals surface area contributed by atoms with Crippen LogP contribution in [-0.2, 0) is 13.0 Å². The fraction of sp³-hybridized carbons (Fsp3) is 0.312. The van der Waals surface area contributed by atoms with Crippen molar-refractivity contribution in [2.24, 2.45) is 0 Å². The standard InChI is InChI=1S/C16H21N3O/c1-19(10-9-15-6-5-14(17)11-18-15)12-13-3-7-16(20-2)8-4-13/h3-8,11H,9-10,12,17H2,1-2H3. The van der Waals surface area contributed by atoms with E-state index in [1.54, 1.807) is 13.3 Å². The number of hydrogen-bond donors (Lipinski definition) is 1. The van der Waals surface area contributed by atoms with Gasteiger partial charge in [-0.1, -0.05) is 12.1 Å². The topological polar surface area (TPSA) is 51.4 Å². The van der Waals surface area contributed by atoms with Crippen molar-refractivity contribution in [2.75, 3.05) is 26.4 Å². The molecule has 0 spiro atoms. The third-order valence-electron chi connectivity index (χ3n) is 3.21. The van der Waals surface area contributed by atoms with Crippen LogP contribution in [0.3, 0.4) is 0 Å². The first-order valence-corrected chi connectivity index (χ1v) is 6.69. The van der Waals surface area contributed by atoms with E-state index in [-0.39, 0.29) is 0 Å². The smallest absolute Gasteiger partial charge is 0.118 e. The van der Waals surface area contributed by atoms with Gasteiger partial charge < -0.3 is 15.4 Å². The number of aromatic nitrogens is 1. The number of ether oxygens (including phenoxy) is 1. The molecule has 106 valence electrons. The van der Waals surface area contributed by atoms with Gasteiger partial charge >= 0.3 is 0 Å². The third kappa shape index (κ3) is 4.24. The molecule has 4 nitrogen and oxygen atoms in total. The molecule has 0 aliphatic carbocycles. The Bertz CT molecular complexity index is 522. The Morgan fingerprint density at radius 3 is 2.50 bits per heavy atom. The Hall–Kier alpha value is -2.07. The molecule has 0 amide bonds. The lowest BCUT2D eigenvalue weighted by Crippen LogP contribution is -2.21. The monoisotopic (exact) mass is 271 g/mol. The average molecular weight is 271 g/mol. The van der Waals surface area contributed by atoms with Crippen LogP contribution in [0.15, 0.2) is 42.6 Å². The lowest BCUT2D eigenvalue weighted by molar-refractivity contribution is 0.329. The minimum absolute atomic E-state index is 0.709. The number of methoxy groups -OCH3 is 1. The van der Waals surface area contributed by atoms with Gasteiger partial charge in [-0.15, -0.1) is 0 Å². The molecule has 2 aromatic rings. The quantitative estimate of drug-likeness (QED) is 0.876. The Balaban J connectivity index is 1.82. The van der Waals surface area contributed by atoms with Crippen molar-refractivity contribution in [3.05, 3.63) is 53.9 Å². The van der Waals surface area contributed by atoms with Gasteiger partial charge in [0.25, 0.3) is 0 Å². The molecule has 0 saturated heterocycles. The molecular weight excluding hydrogens is 250 g/mol. The summed E-state index contributed by atoms with van der Waals surface area (Å²) in [6.07, 6.45) is 2.63. The van der Waals surface area contributed by atoms with Crippen LogP contribution in [0.25, 0.3) is 0 Å². The van der Waals surface area contributed by atoms with Crippen LogP contribution in [0.2, 0.25) is 0 Å². The van der Waals surface area contributed by atoms with E-state index in [0.717, 1.165) is 31.0 Å². The Morgan fingerprint density at radius 1 is 1.15 bits per heavy atom. The van der Waals surface area contributed by atoms with Crippen molar-refractivity contribution in [3.8, 4) is 5.75 Å². The van der Waals surface area contributed by atoms with Crippen LogP contribution < -0.4 is 10.5 Å². The predicted octanol–water partition coefficient (Wildman–Crippen LogP) is 2.35. The summed E-state index contributed by atoms with van der Waals surface area (Å²) in [5, 5.41) is 0. The van der Waals surface area contributed by atoms with E-state index in [4.69, 9.17) is 10.5 Å². The number of hydrogen-bond acceptors (Lipinski definition) is 4. The number of nitrogen functional groups attached to an aromatic ring is 1. The number of rotatable bonds is 6. The van der Waals surface area contributed by atoms with Crippen molar-refractivity contribution in [1.82, 2.24) is 9.88 Å². The maximum absolute atomic E-state index is 5.63. The second-order valence-corrected chi connectivity index (χ2v) is 4.92. The molecule has 1 aromatic carbocycles. The van der Waals surface area contributed by atoms with E-state index in [2.05, 4.69) is 29.1 Å². The van der Waals surface area contributed by atoms with Gasteiger partial charge in [-0.05, 0) is 36.9 Å². The van der Waals surface area contributed by atoms with Crippen LogP contribution >= 0.6 is 0 Å². The molecule has 1 heterocycles. The molecule has 1 aromatic heterocycles. The highest BCUT2D eigenvalue weighted by atomic mass is 16.5. The zero-order valence-electron chi connectivity index (χ0n) is 12.0. The number of nitrogens with zero attached hydrogens (tertiary/aromatic N) is 2. The fourth-order valence-electron chi connectivity index (χ4n) is 2.01. The highest BCUT2D eigenvalue weighted by molar-refractivity contribution is 5.34. The largest absolute Gasteiger partial charge is 0.497 e. The van der Waals surface area contributed by atoms with E-state index in [0.29, 0.717) is 5.69 Å². The van der Waals surface area contributed by atoms with Gasteiger partial charge in [0, 0.05) is 25.2 Å². The molecule has 20 heavy (non-hydrogen) atoms. The number of likely N-dealkylation sites (N-methyl/N-ethyl adjacent to an activating group) is 1. The van der Waals surface area contributed by atoms with Crippen molar-refractivity contribution in [1.29, 1.82) is 0 Å².